The smallest absolute Gasteiger partial charge is 0.369 e. The third-order valence-corrected chi connectivity index (χ3v) is 7.63. The highest BCUT2D eigenvalue weighted by Gasteiger charge is 2.41. The van der Waals surface area contributed by atoms with E-state index in [1.807, 2.05) is 0 Å². The first-order chi connectivity index (χ1) is 13.7. The van der Waals surface area contributed by atoms with E-state index >= 15 is 0 Å². The maximum absolute atomic E-state index is 11.8. The molecule has 1 aliphatic rings. The van der Waals surface area contributed by atoms with E-state index in [-0.39, 0.29) is 23.2 Å². The number of allylic oxidation sites excluding steroid dienone is 1. The van der Waals surface area contributed by atoms with Crippen LogP contribution in [0.2, 0.25) is 0 Å². The largest absolute Gasteiger partial charge is 0.490 e. The van der Waals surface area contributed by atoms with Crippen molar-refractivity contribution in [2.24, 2.45) is 5.92 Å². The molecular weight excluding hydrogens is 471 g/mol. The fraction of sp³-hybridized carbons (Fsp3) is 0.364. The van der Waals surface area contributed by atoms with Gasteiger partial charge in [0, 0.05) is 5.92 Å². The maximum Gasteiger partial charge on any atom is 0.490 e. The molecule has 4 atom stereocenters. The molecule has 0 radical (unpaired) electrons. The summed E-state index contributed by atoms with van der Waals surface area (Å²) in [5, 5.41) is 0. The Labute approximate surface area is 166 Å². The summed E-state index contributed by atoms with van der Waals surface area (Å²) < 4.78 is 47.2. The summed E-state index contributed by atoms with van der Waals surface area (Å²) in [7, 11) is -16.2. The van der Waals surface area contributed by atoms with E-state index in [2.05, 4.69) is 28.1 Å². The van der Waals surface area contributed by atoms with Gasteiger partial charge in [-0.1, -0.05) is 12.2 Å². The van der Waals surface area contributed by atoms with Gasteiger partial charge in [0.25, 0.3) is 5.56 Å². The van der Waals surface area contributed by atoms with Crippen molar-refractivity contribution in [3.05, 3.63) is 28.8 Å². The number of nitrogens with zero attached hydrogens (tertiary/aromatic N) is 3. The normalized spacial score (nSPS) is 23.5. The van der Waals surface area contributed by atoms with Gasteiger partial charge in [0.15, 0.2) is 11.2 Å². The van der Waals surface area contributed by atoms with E-state index in [0.29, 0.717) is 6.42 Å². The lowest BCUT2D eigenvalue weighted by Crippen LogP contribution is -2.14. The molecule has 0 aromatic carbocycles. The molecule has 7 N–H and O–H groups in total. The van der Waals surface area contributed by atoms with Crippen LogP contribution in [0.25, 0.3) is 11.2 Å². The highest BCUT2D eigenvalue weighted by Crippen LogP contribution is 2.66. The number of fused-ring (bicyclic) bond motifs is 1. The molecule has 0 saturated heterocycles. The van der Waals surface area contributed by atoms with Gasteiger partial charge < -0.3 is 29.9 Å². The van der Waals surface area contributed by atoms with Gasteiger partial charge in [-0.25, -0.2) is 18.7 Å². The molecule has 0 fully saturated rings. The molecule has 19 heteroatoms. The number of rotatable bonds is 8. The topological polar surface area (TPSA) is 249 Å². The second kappa shape index (κ2) is 8.09. The molecule has 0 spiro atoms. The summed E-state index contributed by atoms with van der Waals surface area (Å²) in [6.45, 7) is -0.445. The molecule has 0 amide bonds. The summed E-state index contributed by atoms with van der Waals surface area (Å²) >= 11 is 0. The molecule has 2 aromatic heterocycles. The maximum atomic E-state index is 11.8. The minimum absolute atomic E-state index is 0.0781. The third-order valence-electron chi connectivity index (χ3n) is 3.83. The summed E-state index contributed by atoms with van der Waals surface area (Å²) in [6, 6.07) is -0.349. The van der Waals surface area contributed by atoms with Crippen LogP contribution in [0.4, 0.5) is 5.95 Å². The SMILES string of the molecule is Nc1nc2c(ncn2[C@@H]2C=C[C@H](COP(=O)(O)OP(=O)(O)OP(=O)(O)O)C2)c(=O)[nH]1. The standard InChI is InChI=1S/C11H16N5O11P3/c12-11-14-9-8(10(17)15-11)13-5-16(9)7-2-1-6(3-7)4-25-29(21,22)27-30(23,24)26-28(18,19)20/h1-2,5-7H,3-4H2,(H,21,22)(H,23,24)(H2,18,19,20)(H3,12,14,15,17)/t6-,7+/m0/s1. The van der Waals surface area contributed by atoms with Gasteiger partial charge in [0.05, 0.1) is 19.0 Å². The van der Waals surface area contributed by atoms with E-state index in [9.17, 15) is 23.4 Å². The van der Waals surface area contributed by atoms with Crippen molar-refractivity contribution in [2.75, 3.05) is 12.3 Å². The summed E-state index contributed by atoms with van der Waals surface area (Å²) in [6.07, 6.45) is 5.02. The molecule has 0 saturated carbocycles. The van der Waals surface area contributed by atoms with Crippen LogP contribution in [0.15, 0.2) is 23.3 Å². The molecule has 0 bridgehead atoms. The zero-order valence-electron chi connectivity index (χ0n) is 14.7. The molecule has 2 heterocycles. The first kappa shape index (κ1) is 23.0. The number of anilines is 1. The minimum atomic E-state index is -5.57. The van der Waals surface area contributed by atoms with Crippen molar-refractivity contribution in [3.63, 3.8) is 0 Å². The van der Waals surface area contributed by atoms with E-state index in [1.54, 1.807) is 16.7 Å². The van der Waals surface area contributed by atoms with Crippen molar-refractivity contribution >= 4 is 40.6 Å². The van der Waals surface area contributed by atoms with Crippen molar-refractivity contribution in [2.45, 2.75) is 12.5 Å². The van der Waals surface area contributed by atoms with Crippen LogP contribution in [-0.4, -0.2) is 45.7 Å². The number of aromatic nitrogens is 4. The highest BCUT2D eigenvalue weighted by atomic mass is 31.3. The highest BCUT2D eigenvalue weighted by molar-refractivity contribution is 7.66. The van der Waals surface area contributed by atoms with Crippen LogP contribution in [0.5, 0.6) is 0 Å². The quantitative estimate of drug-likeness (QED) is 0.214. The Kier molecular flexibility index (Phi) is 6.20. The fourth-order valence-corrected chi connectivity index (χ4v) is 5.84. The predicted octanol–water partition coefficient (Wildman–Crippen LogP) is 0.162. The number of nitrogens with one attached hydrogen (secondary N) is 1. The average Bonchev–Trinajstić information content (AvgIpc) is 3.15. The second-order valence-corrected chi connectivity index (χ2v) is 10.5. The summed E-state index contributed by atoms with van der Waals surface area (Å²) in [5.41, 5.74) is 5.34. The third kappa shape index (κ3) is 5.71. The Morgan fingerprint density at radius 3 is 2.53 bits per heavy atom. The zero-order chi connectivity index (χ0) is 22.3. The zero-order valence-corrected chi connectivity index (χ0v) is 17.4. The van der Waals surface area contributed by atoms with E-state index in [0.717, 1.165) is 0 Å². The summed E-state index contributed by atoms with van der Waals surface area (Å²) in [5.74, 6) is -0.558. The number of phosphoric acid groups is 3. The fourth-order valence-electron chi connectivity index (χ4n) is 2.76. The van der Waals surface area contributed by atoms with Crippen LogP contribution >= 0.6 is 23.5 Å². The molecule has 1 aliphatic carbocycles. The first-order valence-corrected chi connectivity index (χ1v) is 12.5. The monoisotopic (exact) mass is 487 g/mol. The van der Waals surface area contributed by atoms with Crippen LogP contribution in [0.1, 0.15) is 12.5 Å². The van der Waals surface area contributed by atoms with Gasteiger partial charge in [-0.15, -0.1) is 0 Å². The van der Waals surface area contributed by atoms with Crippen molar-refractivity contribution < 1.29 is 46.4 Å². The van der Waals surface area contributed by atoms with Gasteiger partial charge in [0.1, 0.15) is 0 Å². The van der Waals surface area contributed by atoms with Crippen LogP contribution < -0.4 is 11.3 Å². The first-order valence-electron chi connectivity index (χ1n) is 7.94. The Balaban J connectivity index is 1.63. The summed E-state index contributed by atoms with van der Waals surface area (Å²) in [4.78, 5) is 57.8. The lowest BCUT2D eigenvalue weighted by atomic mass is 10.1. The number of hydrogen-bond acceptors (Lipinski definition) is 10. The molecule has 166 valence electrons. The van der Waals surface area contributed by atoms with Gasteiger partial charge in [-0.05, 0) is 6.42 Å². The Morgan fingerprint density at radius 1 is 1.17 bits per heavy atom. The molecule has 2 aromatic rings. The van der Waals surface area contributed by atoms with Gasteiger partial charge >= 0.3 is 23.5 Å². The van der Waals surface area contributed by atoms with Gasteiger partial charge in [-0.3, -0.25) is 14.3 Å². The van der Waals surface area contributed by atoms with Crippen molar-refractivity contribution in [1.82, 2.24) is 19.5 Å². The number of nitrogens with two attached hydrogens (primary N) is 1. The van der Waals surface area contributed by atoms with E-state index < -0.39 is 41.6 Å². The number of hydrogen-bond donors (Lipinski definition) is 6. The lowest BCUT2D eigenvalue weighted by Gasteiger charge is -2.18. The molecular formula is C11H16N5O11P3. The van der Waals surface area contributed by atoms with E-state index in [1.165, 1.54) is 6.33 Å². The molecule has 16 nitrogen and oxygen atoms in total. The van der Waals surface area contributed by atoms with Gasteiger partial charge in [0.2, 0.25) is 5.95 Å². The molecule has 3 rings (SSSR count). The van der Waals surface area contributed by atoms with Crippen molar-refractivity contribution in [1.29, 1.82) is 0 Å². The number of imidazole rings is 1. The Hall–Kier alpha value is -1.70. The van der Waals surface area contributed by atoms with Crippen LogP contribution in [-0.2, 0) is 26.8 Å². The predicted molar refractivity (Wildman–Crippen MR) is 98.7 cm³/mol. The number of phosphoric ester groups is 1. The van der Waals surface area contributed by atoms with Crippen LogP contribution in [0.3, 0.4) is 0 Å². The Bertz CT molecular complexity index is 1190. The molecule has 0 aliphatic heterocycles. The number of aromatic amines is 1. The van der Waals surface area contributed by atoms with Crippen LogP contribution in [0, 0.1) is 5.92 Å². The molecule has 30 heavy (non-hydrogen) atoms. The van der Waals surface area contributed by atoms with E-state index in [4.69, 9.17) is 20.4 Å². The van der Waals surface area contributed by atoms with Gasteiger partial charge in [-0.2, -0.15) is 13.6 Å². The number of H-pyrrole nitrogens is 1. The minimum Gasteiger partial charge on any atom is -0.369 e. The molecule has 2 unspecified atom stereocenters. The van der Waals surface area contributed by atoms with Crippen molar-refractivity contribution in [3.8, 4) is 0 Å². The number of nitrogen functional groups attached to an aromatic ring is 1. The average molecular weight is 487 g/mol. The Morgan fingerprint density at radius 2 is 1.87 bits per heavy atom. The second-order valence-electron chi connectivity index (χ2n) is 6.11. The lowest BCUT2D eigenvalue weighted by molar-refractivity contribution is 0.159.